The van der Waals surface area contributed by atoms with Gasteiger partial charge in [0, 0.05) is 16.3 Å². The van der Waals surface area contributed by atoms with Crippen molar-refractivity contribution in [1.82, 2.24) is 5.32 Å². The highest BCUT2D eigenvalue weighted by molar-refractivity contribution is 7.99. The van der Waals surface area contributed by atoms with Crippen molar-refractivity contribution >= 4 is 11.8 Å². The molecule has 0 atom stereocenters. The van der Waals surface area contributed by atoms with Crippen molar-refractivity contribution in [3.63, 3.8) is 0 Å². The van der Waals surface area contributed by atoms with Crippen LogP contribution in [0.5, 0.6) is 0 Å². The first-order valence-electron chi connectivity index (χ1n) is 7.45. The second-order valence-corrected chi connectivity index (χ2v) is 6.39. The van der Waals surface area contributed by atoms with Crippen molar-refractivity contribution in [2.75, 3.05) is 6.54 Å². The number of fused-ring (bicyclic) bond motifs is 1. The molecule has 0 aromatic heterocycles. The van der Waals surface area contributed by atoms with Crippen molar-refractivity contribution in [2.45, 2.75) is 42.5 Å². The molecule has 2 heteroatoms. The summed E-state index contributed by atoms with van der Waals surface area (Å²) < 4.78 is 0. The fraction of sp³-hybridized carbons (Fsp3) is 0.333. The maximum absolute atomic E-state index is 3.42. The van der Waals surface area contributed by atoms with E-state index < -0.39 is 0 Å². The largest absolute Gasteiger partial charge is 0.313 e. The Morgan fingerprint density at radius 2 is 1.90 bits per heavy atom. The number of rotatable bonds is 5. The van der Waals surface area contributed by atoms with Gasteiger partial charge in [0.15, 0.2) is 0 Å². The summed E-state index contributed by atoms with van der Waals surface area (Å²) in [6.45, 7) is 4.11. The van der Waals surface area contributed by atoms with Crippen molar-refractivity contribution in [3.8, 4) is 0 Å². The van der Waals surface area contributed by atoms with E-state index in [0.29, 0.717) is 0 Å². The standard InChI is InChI=1S/C18H21NS/c1-2-19-13-16-6-3-4-9-18(16)20-17-11-10-14-7-5-8-15(14)12-17/h3-4,6,9-12,19H,2,5,7-8,13H2,1H3. The first-order chi connectivity index (χ1) is 9.86. The van der Waals surface area contributed by atoms with Crippen LogP contribution in [0.25, 0.3) is 0 Å². The summed E-state index contributed by atoms with van der Waals surface area (Å²) in [5.41, 5.74) is 4.49. The van der Waals surface area contributed by atoms with Crippen LogP contribution in [-0.4, -0.2) is 6.54 Å². The van der Waals surface area contributed by atoms with Gasteiger partial charge < -0.3 is 5.32 Å². The Labute approximate surface area is 125 Å². The van der Waals surface area contributed by atoms with Gasteiger partial charge in [-0.25, -0.2) is 0 Å². The number of aryl methyl sites for hydroxylation is 2. The van der Waals surface area contributed by atoms with Crippen LogP contribution in [0.15, 0.2) is 52.3 Å². The Morgan fingerprint density at radius 3 is 2.80 bits per heavy atom. The van der Waals surface area contributed by atoms with Gasteiger partial charge in [0.05, 0.1) is 0 Å². The number of hydrogen-bond donors (Lipinski definition) is 1. The van der Waals surface area contributed by atoms with Crippen LogP contribution in [0.3, 0.4) is 0 Å². The number of nitrogens with one attached hydrogen (secondary N) is 1. The molecule has 0 bridgehead atoms. The fourth-order valence-corrected chi connectivity index (χ4v) is 3.76. The maximum atomic E-state index is 3.42. The minimum absolute atomic E-state index is 0.949. The van der Waals surface area contributed by atoms with Gasteiger partial charge in [-0.05, 0) is 60.7 Å². The molecule has 0 saturated heterocycles. The molecule has 0 amide bonds. The van der Waals surface area contributed by atoms with E-state index in [4.69, 9.17) is 0 Å². The minimum atomic E-state index is 0.949. The van der Waals surface area contributed by atoms with E-state index in [1.54, 1.807) is 11.1 Å². The smallest absolute Gasteiger partial charge is 0.0216 e. The molecule has 0 saturated carbocycles. The SMILES string of the molecule is CCNCc1ccccc1Sc1ccc2c(c1)CCC2. The minimum Gasteiger partial charge on any atom is -0.313 e. The topological polar surface area (TPSA) is 12.0 Å². The van der Waals surface area contributed by atoms with Crippen LogP contribution in [-0.2, 0) is 19.4 Å². The van der Waals surface area contributed by atoms with Crippen molar-refractivity contribution in [3.05, 3.63) is 59.2 Å². The van der Waals surface area contributed by atoms with Crippen LogP contribution < -0.4 is 5.32 Å². The van der Waals surface area contributed by atoms with Crippen LogP contribution in [0.1, 0.15) is 30.0 Å². The Hall–Kier alpha value is -1.25. The molecule has 0 aliphatic heterocycles. The van der Waals surface area contributed by atoms with E-state index in [9.17, 15) is 0 Å². The molecule has 104 valence electrons. The van der Waals surface area contributed by atoms with Crippen LogP contribution in [0.2, 0.25) is 0 Å². The highest BCUT2D eigenvalue weighted by Gasteiger charge is 2.11. The zero-order valence-electron chi connectivity index (χ0n) is 12.0. The summed E-state index contributed by atoms with van der Waals surface area (Å²) in [5.74, 6) is 0. The van der Waals surface area contributed by atoms with Gasteiger partial charge in [-0.1, -0.05) is 43.0 Å². The summed E-state index contributed by atoms with van der Waals surface area (Å²) in [6.07, 6.45) is 3.83. The highest BCUT2D eigenvalue weighted by Crippen LogP contribution is 2.33. The van der Waals surface area contributed by atoms with Crippen LogP contribution in [0, 0.1) is 0 Å². The molecule has 3 rings (SSSR count). The molecule has 1 aliphatic carbocycles. The molecule has 1 N–H and O–H groups in total. The molecule has 0 unspecified atom stereocenters. The summed E-state index contributed by atoms with van der Waals surface area (Å²) in [5, 5.41) is 3.42. The summed E-state index contributed by atoms with van der Waals surface area (Å²) in [4.78, 5) is 2.74. The van der Waals surface area contributed by atoms with Crippen molar-refractivity contribution in [1.29, 1.82) is 0 Å². The lowest BCUT2D eigenvalue weighted by molar-refractivity contribution is 0.718. The first kappa shape index (κ1) is 13.7. The monoisotopic (exact) mass is 283 g/mol. The number of hydrogen-bond acceptors (Lipinski definition) is 2. The Kier molecular flexibility index (Phi) is 4.44. The molecule has 2 aromatic carbocycles. The molecule has 20 heavy (non-hydrogen) atoms. The van der Waals surface area contributed by atoms with Gasteiger partial charge in [0.2, 0.25) is 0 Å². The molecular weight excluding hydrogens is 262 g/mol. The lowest BCUT2D eigenvalue weighted by Crippen LogP contribution is -2.12. The third-order valence-corrected chi connectivity index (χ3v) is 4.94. The average molecular weight is 283 g/mol. The molecule has 0 radical (unpaired) electrons. The maximum Gasteiger partial charge on any atom is 0.0216 e. The zero-order chi connectivity index (χ0) is 13.8. The molecule has 2 aromatic rings. The van der Waals surface area contributed by atoms with Gasteiger partial charge in [0.25, 0.3) is 0 Å². The van der Waals surface area contributed by atoms with Crippen molar-refractivity contribution < 1.29 is 0 Å². The molecule has 0 fully saturated rings. The molecule has 0 heterocycles. The van der Waals surface area contributed by atoms with Gasteiger partial charge in [-0.15, -0.1) is 0 Å². The Bertz CT molecular complexity index is 592. The Morgan fingerprint density at radius 1 is 1.05 bits per heavy atom. The fourth-order valence-electron chi connectivity index (χ4n) is 2.75. The predicted octanol–water partition coefficient (Wildman–Crippen LogP) is 4.44. The van der Waals surface area contributed by atoms with Gasteiger partial charge in [-0.3, -0.25) is 0 Å². The average Bonchev–Trinajstić information content (AvgIpc) is 2.94. The lowest BCUT2D eigenvalue weighted by Gasteiger charge is -2.10. The highest BCUT2D eigenvalue weighted by atomic mass is 32.2. The number of benzene rings is 2. The van der Waals surface area contributed by atoms with E-state index in [0.717, 1.165) is 13.1 Å². The molecule has 1 nitrogen and oxygen atoms in total. The molecule has 0 spiro atoms. The van der Waals surface area contributed by atoms with Crippen LogP contribution >= 0.6 is 11.8 Å². The normalized spacial score (nSPS) is 13.4. The summed E-state index contributed by atoms with van der Waals surface area (Å²) in [7, 11) is 0. The second-order valence-electron chi connectivity index (χ2n) is 5.27. The third-order valence-electron chi connectivity index (χ3n) is 3.84. The van der Waals surface area contributed by atoms with E-state index in [2.05, 4.69) is 54.7 Å². The van der Waals surface area contributed by atoms with E-state index >= 15 is 0 Å². The molecule has 1 aliphatic rings. The zero-order valence-corrected chi connectivity index (χ0v) is 12.8. The van der Waals surface area contributed by atoms with Gasteiger partial charge in [-0.2, -0.15) is 0 Å². The van der Waals surface area contributed by atoms with Gasteiger partial charge in [0.1, 0.15) is 0 Å². The predicted molar refractivity (Wildman–Crippen MR) is 86.4 cm³/mol. The third kappa shape index (κ3) is 3.08. The van der Waals surface area contributed by atoms with E-state index in [1.165, 1.54) is 34.6 Å². The van der Waals surface area contributed by atoms with E-state index in [-0.39, 0.29) is 0 Å². The van der Waals surface area contributed by atoms with Crippen molar-refractivity contribution in [2.24, 2.45) is 0 Å². The van der Waals surface area contributed by atoms with Crippen LogP contribution in [0.4, 0.5) is 0 Å². The second kappa shape index (κ2) is 6.47. The molecular formula is C18H21NS. The lowest BCUT2D eigenvalue weighted by atomic mass is 10.1. The van der Waals surface area contributed by atoms with E-state index in [1.807, 2.05) is 11.8 Å². The first-order valence-corrected chi connectivity index (χ1v) is 8.27. The van der Waals surface area contributed by atoms with Gasteiger partial charge >= 0.3 is 0 Å². The summed E-state index contributed by atoms with van der Waals surface area (Å²) >= 11 is 1.89. The summed E-state index contributed by atoms with van der Waals surface area (Å²) in [6, 6.07) is 15.7. The Balaban J connectivity index is 1.80. The quantitative estimate of drug-likeness (QED) is 0.871.